The zero-order valence-electron chi connectivity index (χ0n) is 13.3. The lowest BCUT2D eigenvalue weighted by Gasteiger charge is -2.26. The topological polar surface area (TPSA) is 29.1 Å². The van der Waals surface area contributed by atoms with Gasteiger partial charge in [0.1, 0.15) is 0 Å². The molecular formula is C20H23NO. The first-order chi connectivity index (χ1) is 10.5. The van der Waals surface area contributed by atoms with E-state index in [4.69, 9.17) is 0 Å². The highest BCUT2D eigenvalue weighted by atomic mass is 16.2. The van der Waals surface area contributed by atoms with Crippen molar-refractivity contribution >= 4 is 5.91 Å². The Balaban J connectivity index is 1.68. The van der Waals surface area contributed by atoms with Crippen molar-refractivity contribution in [1.82, 2.24) is 5.32 Å². The molecule has 2 nitrogen and oxygen atoms in total. The molecule has 0 radical (unpaired) electrons. The maximum absolute atomic E-state index is 12.7. The molecule has 0 unspecified atom stereocenters. The summed E-state index contributed by atoms with van der Waals surface area (Å²) >= 11 is 0. The Morgan fingerprint density at radius 3 is 2.09 bits per heavy atom. The summed E-state index contributed by atoms with van der Waals surface area (Å²) in [7, 11) is 0. The van der Waals surface area contributed by atoms with Crippen LogP contribution in [0.4, 0.5) is 0 Å². The molecule has 2 heteroatoms. The van der Waals surface area contributed by atoms with Gasteiger partial charge >= 0.3 is 0 Å². The molecule has 3 rings (SSSR count). The van der Waals surface area contributed by atoms with Gasteiger partial charge in [-0.05, 0) is 37.8 Å². The minimum Gasteiger partial charge on any atom is -0.354 e. The van der Waals surface area contributed by atoms with Crippen LogP contribution >= 0.6 is 0 Å². The molecule has 1 aliphatic carbocycles. The van der Waals surface area contributed by atoms with Gasteiger partial charge in [0.25, 0.3) is 0 Å². The van der Waals surface area contributed by atoms with Gasteiger partial charge in [-0.2, -0.15) is 0 Å². The second-order valence-electron chi connectivity index (χ2n) is 6.82. The first-order valence-corrected chi connectivity index (χ1v) is 7.94. The average molecular weight is 293 g/mol. The fraction of sp³-hybridized carbons (Fsp3) is 0.350. The van der Waals surface area contributed by atoms with E-state index in [0.29, 0.717) is 0 Å². The van der Waals surface area contributed by atoms with Crippen molar-refractivity contribution in [2.75, 3.05) is 6.54 Å². The zero-order valence-corrected chi connectivity index (χ0v) is 13.3. The van der Waals surface area contributed by atoms with Gasteiger partial charge in [0, 0.05) is 12.0 Å². The van der Waals surface area contributed by atoms with E-state index in [1.54, 1.807) is 0 Å². The van der Waals surface area contributed by atoms with E-state index in [1.807, 2.05) is 50.2 Å². The Morgan fingerprint density at radius 1 is 1.00 bits per heavy atom. The quantitative estimate of drug-likeness (QED) is 0.892. The molecule has 1 N–H and O–H groups in total. The molecule has 22 heavy (non-hydrogen) atoms. The smallest absolute Gasteiger partial charge is 0.230 e. The van der Waals surface area contributed by atoms with Crippen molar-refractivity contribution in [3.63, 3.8) is 0 Å². The third-order valence-electron chi connectivity index (χ3n) is 4.89. The highest BCUT2D eigenvalue weighted by Crippen LogP contribution is 2.47. The van der Waals surface area contributed by atoms with Crippen molar-refractivity contribution in [2.24, 2.45) is 0 Å². The summed E-state index contributed by atoms with van der Waals surface area (Å²) in [6.45, 7) is 4.70. The molecule has 0 heterocycles. The second kappa shape index (κ2) is 5.60. The third-order valence-corrected chi connectivity index (χ3v) is 4.89. The number of amides is 1. The van der Waals surface area contributed by atoms with Gasteiger partial charge in [-0.3, -0.25) is 4.79 Å². The Labute approximate surface area is 132 Å². The molecule has 0 bridgehead atoms. The summed E-state index contributed by atoms with van der Waals surface area (Å²) in [5, 5.41) is 3.18. The van der Waals surface area contributed by atoms with E-state index < -0.39 is 5.41 Å². The summed E-state index contributed by atoms with van der Waals surface area (Å²) in [5.74, 6) is 0.0981. The molecule has 1 aliphatic rings. The normalized spacial score (nSPS) is 16.1. The third kappa shape index (κ3) is 2.78. The van der Waals surface area contributed by atoms with Crippen molar-refractivity contribution in [3.05, 3.63) is 71.8 Å². The first kappa shape index (κ1) is 14.8. The molecule has 2 aromatic carbocycles. The molecule has 1 fully saturated rings. The number of rotatable bonds is 5. The first-order valence-electron chi connectivity index (χ1n) is 7.94. The van der Waals surface area contributed by atoms with Crippen LogP contribution in [-0.4, -0.2) is 12.5 Å². The zero-order chi connectivity index (χ0) is 15.6. The standard InChI is InChI=1S/C20H23NO/c1-19(2,16-9-5-3-6-10-16)18(22)21-15-20(13-14-20)17-11-7-4-8-12-17/h3-12H,13-15H2,1-2H3,(H,21,22). The largest absolute Gasteiger partial charge is 0.354 e. The van der Waals surface area contributed by atoms with Gasteiger partial charge in [0.15, 0.2) is 0 Å². The average Bonchev–Trinajstić information content (AvgIpc) is 3.35. The Bertz CT molecular complexity index is 642. The van der Waals surface area contributed by atoms with Gasteiger partial charge < -0.3 is 5.32 Å². The number of carbonyl (C=O) groups excluding carboxylic acids is 1. The number of benzene rings is 2. The van der Waals surface area contributed by atoms with Crippen LogP contribution in [0.3, 0.4) is 0 Å². The molecule has 1 saturated carbocycles. The predicted molar refractivity (Wildman–Crippen MR) is 89.8 cm³/mol. The van der Waals surface area contributed by atoms with E-state index in [1.165, 1.54) is 5.56 Å². The van der Waals surface area contributed by atoms with E-state index in [9.17, 15) is 4.79 Å². The van der Waals surface area contributed by atoms with Crippen molar-refractivity contribution in [1.29, 1.82) is 0 Å². The molecule has 0 atom stereocenters. The molecule has 1 amide bonds. The molecular weight excluding hydrogens is 270 g/mol. The minimum absolute atomic E-state index is 0.0981. The summed E-state index contributed by atoms with van der Waals surface area (Å²) in [4.78, 5) is 12.7. The molecule has 0 spiro atoms. The van der Waals surface area contributed by atoms with Gasteiger partial charge in [0.2, 0.25) is 5.91 Å². The monoisotopic (exact) mass is 293 g/mol. The summed E-state index contributed by atoms with van der Waals surface area (Å²) in [6, 6.07) is 20.5. The lowest BCUT2D eigenvalue weighted by atomic mass is 9.83. The summed E-state index contributed by atoms with van der Waals surface area (Å²) in [5.41, 5.74) is 2.04. The summed E-state index contributed by atoms with van der Waals surface area (Å²) < 4.78 is 0. The molecule has 0 aliphatic heterocycles. The number of carbonyl (C=O) groups is 1. The number of hydrogen-bond donors (Lipinski definition) is 1. The maximum Gasteiger partial charge on any atom is 0.230 e. The van der Waals surface area contributed by atoms with Crippen LogP contribution in [0.1, 0.15) is 37.8 Å². The lowest BCUT2D eigenvalue weighted by molar-refractivity contribution is -0.125. The van der Waals surface area contributed by atoms with Gasteiger partial charge in [-0.1, -0.05) is 60.7 Å². The Kier molecular flexibility index (Phi) is 3.78. The highest BCUT2D eigenvalue weighted by molar-refractivity contribution is 5.87. The van der Waals surface area contributed by atoms with Crippen molar-refractivity contribution in [3.8, 4) is 0 Å². The Hall–Kier alpha value is -2.09. The van der Waals surface area contributed by atoms with Gasteiger partial charge in [-0.15, -0.1) is 0 Å². The molecule has 114 valence electrons. The molecule has 0 aromatic heterocycles. The Morgan fingerprint density at radius 2 is 1.55 bits per heavy atom. The summed E-state index contributed by atoms with van der Waals surface area (Å²) in [6.07, 6.45) is 2.31. The van der Waals surface area contributed by atoms with Crippen LogP contribution in [0.15, 0.2) is 60.7 Å². The van der Waals surface area contributed by atoms with Crippen LogP contribution in [0.5, 0.6) is 0 Å². The fourth-order valence-electron chi connectivity index (χ4n) is 2.97. The van der Waals surface area contributed by atoms with Crippen LogP contribution < -0.4 is 5.32 Å². The highest BCUT2D eigenvalue weighted by Gasteiger charge is 2.45. The molecule has 2 aromatic rings. The van der Waals surface area contributed by atoms with Crippen LogP contribution in [0.2, 0.25) is 0 Å². The maximum atomic E-state index is 12.7. The molecule has 0 saturated heterocycles. The van der Waals surface area contributed by atoms with E-state index in [2.05, 4.69) is 29.6 Å². The van der Waals surface area contributed by atoms with Crippen molar-refractivity contribution < 1.29 is 4.79 Å². The van der Waals surface area contributed by atoms with E-state index in [0.717, 1.165) is 24.9 Å². The van der Waals surface area contributed by atoms with Gasteiger partial charge in [0.05, 0.1) is 5.41 Å². The second-order valence-corrected chi connectivity index (χ2v) is 6.82. The van der Waals surface area contributed by atoms with Gasteiger partial charge in [-0.25, -0.2) is 0 Å². The van der Waals surface area contributed by atoms with Crippen molar-refractivity contribution in [2.45, 2.75) is 37.5 Å². The van der Waals surface area contributed by atoms with Crippen LogP contribution in [0, 0.1) is 0 Å². The fourth-order valence-corrected chi connectivity index (χ4v) is 2.97. The van der Waals surface area contributed by atoms with E-state index in [-0.39, 0.29) is 11.3 Å². The van der Waals surface area contributed by atoms with Crippen LogP contribution in [-0.2, 0) is 15.6 Å². The predicted octanol–water partition coefficient (Wildman–Crippen LogP) is 3.81. The SMILES string of the molecule is CC(C)(C(=O)NCC1(c2ccccc2)CC1)c1ccccc1. The number of hydrogen-bond acceptors (Lipinski definition) is 1. The number of nitrogens with one attached hydrogen (secondary N) is 1. The van der Waals surface area contributed by atoms with Crippen LogP contribution in [0.25, 0.3) is 0 Å². The van der Waals surface area contributed by atoms with E-state index >= 15 is 0 Å². The lowest BCUT2D eigenvalue weighted by Crippen LogP contribution is -2.43. The minimum atomic E-state index is -0.506.